The molecule has 0 aliphatic carbocycles. The monoisotopic (exact) mass is 298 g/mol. The van der Waals surface area contributed by atoms with E-state index in [0.717, 1.165) is 31.2 Å². The SMILES string of the molecule is CC1OCCC1(CBr)CCCS(C)(=O)=O. The Morgan fingerprint density at radius 3 is 2.60 bits per heavy atom. The van der Waals surface area contributed by atoms with E-state index >= 15 is 0 Å². The zero-order chi connectivity index (χ0) is 11.5. The average molecular weight is 299 g/mol. The Morgan fingerprint density at radius 2 is 2.20 bits per heavy atom. The minimum atomic E-state index is -2.82. The molecule has 0 saturated carbocycles. The van der Waals surface area contributed by atoms with Crippen molar-refractivity contribution in [3.05, 3.63) is 0 Å². The number of hydrogen-bond acceptors (Lipinski definition) is 3. The Hall–Kier alpha value is 0.390. The van der Waals surface area contributed by atoms with Crippen molar-refractivity contribution in [1.82, 2.24) is 0 Å². The molecule has 0 aromatic rings. The summed E-state index contributed by atoms with van der Waals surface area (Å²) in [7, 11) is -2.82. The van der Waals surface area contributed by atoms with Crippen LogP contribution >= 0.6 is 15.9 Å². The molecule has 3 nitrogen and oxygen atoms in total. The molecule has 15 heavy (non-hydrogen) atoms. The van der Waals surface area contributed by atoms with Gasteiger partial charge in [0.05, 0.1) is 6.10 Å². The van der Waals surface area contributed by atoms with E-state index in [1.807, 2.05) is 0 Å². The van der Waals surface area contributed by atoms with Crippen LogP contribution in [0.25, 0.3) is 0 Å². The summed E-state index contributed by atoms with van der Waals surface area (Å²) in [4.78, 5) is 0. The van der Waals surface area contributed by atoms with Gasteiger partial charge in [-0.05, 0) is 26.2 Å². The van der Waals surface area contributed by atoms with Crippen molar-refractivity contribution in [3.8, 4) is 0 Å². The highest BCUT2D eigenvalue weighted by molar-refractivity contribution is 9.09. The molecule has 1 aliphatic rings. The highest BCUT2D eigenvalue weighted by atomic mass is 79.9. The predicted molar refractivity (Wildman–Crippen MR) is 65.2 cm³/mol. The van der Waals surface area contributed by atoms with Gasteiger partial charge < -0.3 is 4.74 Å². The van der Waals surface area contributed by atoms with Crippen LogP contribution < -0.4 is 0 Å². The number of hydrogen-bond donors (Lipinski definition) is 0. The zero-order valence-corrected chi connectivity index (χ0v) is 11.7. The molecule has 90 valence electrons. The van der Waals surface area contributed by atoms with Gasteiger partial charge in [-0.25, -0.2) is 8.42 Å². The van der Waals surface area contributed by atoms with Gasteiger partial charge in [0.15, 0.2) is 0 Å². The maximum atomic E-state index is 11.0. The van der Waals surface area contributed by atoms with E-state index in [4.69, 9.17) is 4.74 Å². The summed E-state index contributed by atoms with van der Waals surface area (Å²) in [5.74, 6) is 0.286. The van der Waals surface area contributed by atoms with Gasteiger partial charge in [0.1, 0.15) is 9.84 Å². The van der Waals surface area contributed by atoms with Crippen LogP contribution in [0.15, 0.2) is 0 Å². The highest BCUT2D eigenvalue weighted by Crippen LogP contribution is 2.40. The van der Waals surface area contributed by atoms with Crippen LogP contribution in [0, 0.1) is 5.41 Å². The van der Waals surface area contributed by atoms with E-state index < -0.39 is 9.84 Å². The number of ether oxygens (including phenoxy) is 1. The lowest BCUT2D eigenvalue weighted by Gasteiger charge is -2.30. The first kappa shape index (κ1) is 13.5. The molecular weight excluding hydrogens is 280 g/mol. The standard InChI is InChI=1S/C10H19BrO3S/c1-9-10(8-11,5-6-14-9)4-3-7-15(2,12)13/h9H,3-8H2,1-2H3. The van der Waals surface area contributed by atoms with Gasteiger partial charge >= 0.3 is 0 Å². The first-order valence-electron chi connectivity index (χ1n) is 5.25. The molecule has 0 amide bonds. The van der Waals surface area contributed by atoms with Crippen molar-refractivity contribution in [1.29, 1.82) is 0 Å². The summed E-state index contributed by atoms with van der Waals surface area (Å²) in [5, 5.41) is 0.894. The number of rotatable bonds is 5. The van der Waals surface area contributed by atoms with E-state index in [0.29, 0.717) is 0 Å². The zero-order valence-electron chi connectivity index (χ0n) is 9.33. The quantitative estimate of drug-likeness (QED) is 0.729. The van der Waals surface area contributed by atoms with Crippen molar-refractivity contribution >= 4 is 25.8 Å². The fourth-order valence-corrected chi connectivity index (χ4v) is 3.76. The first-order valence-corrected chi connectivity index (χ1v) is 8.43. The highest BCUT2D eigenvalue weighted by Gasteiger charge is 2.39. The maximum Gasteiger partial charge on any atom is 0.147 e. The Bertz CT molecular complexity index is 302. The molecule has 1 fully saturated rings. The number of alkyl halides is 1. The van der Waals surface area contributed by atoms with Gasteiger partial charge in [0.25, 0.3) is 0 Å². The minimum Gasteiger partial charge on any atom is -0.378 e. The molecular formula is C10H19BrO3S. The third-order valence-electron chi connectivity index (χ3n) is 3.29. The molecule has 5 heteroatoms. The largest absolute Gasteiger partial charge is 0.378 e. The molecule has 0 radical (unpaired) electrons. The lowest BCUT2D eigenvalue weighted by atomic mass is 9.80. The van der Waals surface area contributed by atoms with Gasteiger partial charge in [-0.2, -0.15) is 0 Å². The molecule has 0 aromatic heterocycles. The smallest absolute Gasteiger partial charge is 0.147 e. The van der Waals surface area contributed by atoms with Crippen LogP contribution in [0.4, 0.5) is 0 Å². The van der Waals surface area contributed by atoms with Crippen molar-refractivity contribution in [2.75, 3.05) is 23.9 Å². The predicted octanol–water partition coefficient (Wildman–Crippen LogP) is 2.00. The topological polar surface area (TPSA) is 43.4 Å². The van der Waals surface area contributed by atoms with Crippen molar-refractivity contribution in [2.45, 2.75) is 32.3 Å². The Labute approximate surface area is 101 Å². The molecule has 0 bridgehead atoms. The summed E-state index contributed by atoms with van der Waals surface area (Å²) >= 11 is 3.53. The molecule has 1 heterocycles. The van der Waals surface area contributed by atoms with E-state index in [1.54, 1.807) is 0 Å². The molecule has 2 atom stereocenters. The summed E-state index contributed by atoms with van der Waals surface area (Å²) in [5.41, 5.74) is 0.144. The van der Waals surface area contributed by atoms with E-state index in [1.165, 1.54) is 6.26 Å². The van der Waals surface area contributed by atoms with Crippen molar-refractivity contribution in [3.63, 3.8) is 0 Å². The van der Waals surface area contributed by atoms with Crippen LogP contribution in [-0.4, -0.2) is 38.5 Å². The number of sulfone groups is 1. The summed E-state index contributed by atoms with van der Waals surface area (Å²) in [6, 6.07) is 0. The van der Waals surface area contributed by atoms with Crippen molar-refractivity contribution in [2.24, 2.45) is 5.41 Å². The van der Waals surface area contributed by atoms with Crippen LogP contribution in [0.2, 0.25) is 0 Å². The first-order chi connectivity index (χ1) is 6.90. The third kappa shape index (κ3) is 3.71. The van der Waals surface area contributed by atoms with Gasteiger partial charge in [-0.1, -0.05) is 15.9 Å². The van der Waals surface area contributed by atoms with E-state index in [2.05, 4.69) is 22.9 Å². The maximum absolute atomic E-state index is 11.0. The normalized spacial score (nSPS) is 32.1. The average Bonchev–Trinajstić information content (AvgIpc) is 2.46. The molecule has 1 aliphatic heterocycles. The van der Waals surface area contributed by atoms with Crippen LogP contribution in [-0.2, 0) is 14.6 Å². The Morgan fingerprint density at radius 1 is 1.53 bits per heavy atom. The molecule has 2 unspecified atom stereocenters. The Balaban J connectivity index is 2.47. The van der Waals surface area contributed by atoms with Crippen molar-refractivity contribution < 1.29 is 13.2 Å². The molecule has 0 spiro atoms. The second-order valence-corrected chi connectivity index (χ2v) is 7.31. The molecule has 1 saturated heterocycles. The minimum absolute atomic E-state index is 0.144. The molecule has 0 aromatic carbocycles. The van der Waals surface area contributed by atoms with Gasteiger partial charge in [-0.15, -0.1) is 0 Å². The lowest BCUT2D eigenvalue weighted by molar-refractivity contribution is 0.0704. The second-order valence-electron chi connectivity index (χ2n) is 4.49. The van der Waals surface area contributed by atoms with E-state index in [-0.39, 0.29) is 17.3 Å². The summed E-state index contributed by atoms with van der Waals surface area (Å²) in [6.45, 7) is 2.88. The fourth-order valence-electron chi connectivity index (χ4n) is 2.08. The fraction of sp³-hybridized carbons (Fsp3) is 1.00. The second kappa shape index (κ2) is 5.15. The van der Waals surface area contributed by atoms with Crippen LogP contribution in [0.5, 0.6) is 0 Å². The lowest BCUT2D eigenvalue weighted by Crippen LogP contribution is -2.31. The molecule has 0 N–H and O–H groups in total. The van der Waals surface area contributed by atoms with E-state index in [9.17, 15) is 8.42 Å². The van der Waals surface area contributed by atoms with Gasteiger partial charge in [0.2, 0.25) is 0 Å². The van der Waals surface area contributed by atoms with Crippen LogP contribution in [0.1, 0.15) is 26.2 Å². The van der Waals surface area contributed by atoms with Gasteiger partial charge in [0, 0.05) is 29.4 Å². The third-order valence-corrected chi connectivity index (χ3v) is 5.43. The Kier molecular flexibility index (Phi) is 4.62. The summed E-state index contributed by atoms with van der Waals surface area (Å²) < 4.78 is 27.6. The van der Waals surface area contributed by atoms with Crippen LogP contribution in [0.3, 0.4) is 0 Å². The van der Waals surface area contributed by atoms with Gasteiger partial charge in [-0.3, -0.25) is 0 Å². The molecule has 1 rings (SSSR count). The summed E-state index contributed by atoms with van der Waals surface area (Å²) in [6.07, 6.45) is 4.22. The number of halogens is 1.